The van der Waals surface area contributed by atoms with Crippen molar-refractivity contribution >= 4 is 33.6 Å². The van der Waals surface area contributed by atoms with Gasteiger partial charge in [0.25, 0.3) is 5.91 Å². The summed E-state index contributed by atoms with van der Waals surface area (Å²) >= 11 is 3.43. The summed E-state index contributed by atoms with van der Waals surface area (Å²) in [6.45, 7) is 6.21. The van der Waals surface area contributed by atoms with E-state index in [0.29, 0.717) is 48.3 Å². The van der Waals surface area contributed by atoms with Crippen LogP contribution in [0.2, 0.25) is 0 Å². The fourth-order valence-corrected chi connectivity index (χ4v) is 4.65. The monoisotopic (exact) mass is 492 g/mol. The number of amides is 2. The Labute approximate surface area is 191 Å². The van der Waals surface area contributed by atoms with Gasteiger partial charge in [0.1, 0.15) is 24.0 Å². The van der Waals surface area contributed by atoms with E-state index < -0.39 is 23.3 Å². The lowest BCUT2D eigenvalue weighted by molar-refractivity contribution is -0.144. The SMILES string of the molecule is CC(C)(C)OC(=O)N1CCC[C@@]1(COc1ccc(N)cc1Br)C(=O)N1CCC[C@H]1C#N. The average molecular weight is 493 g/mol. The molecule has 0 unspecified atom stereocenters. The summed E-state index contributed by atoms with van der Waals surface area (Å²) in [6, 6.07) is 6.87. The van der Waals surface area contributed by atoms with Gasteiger partial charge in [-0.05, 0) is 80.6 Å². The zero-order valence-corrected chi connectivity index (χ0v) is 19.8. The van der Waals surface area contributed by atoms with E-state index in [4.69, 9.17) is 15.2 Å². The molecule has 2 aliphatic rings. The van der Waals surface area contributed by atoms with Crippen molar-refractivity contribution in [2.45, 2.75) is 63.6 Å². The Morgan fingerprint density at radius 3 is 2.71 bits per heavy atom. The van der Waals surface area contributed by atoms with Gasteiger partial charge in [0.05, 0.1) is 10.5 Å². The molecule has 2 heterocycles. The third kappa shape index (κ3) is 4.90. The van der Waals surface area contributed by atoms with E-state index in [1.54, 1.807) is 43.9 Å². The predicted molar refractivity (Wildman–Crippen MR) is 119 cm³/mol. The number of hydrogen-bond donors (Lipinski definition) is 1. The van der Waals surface area contributed by atoms with Crippen molar-refractivity contribution in [3.8, 4) is 11.8 Å². The molecule has 0 spiro atoms. The molecular weight excluding hydrogens is 464 g/mol. The first-order valence-corrected chi connectivity index (χ1v) is 11.3. The highest BCUT2D eigenvalue weighted by Crippen LogP contribution is 2.37. The summed E-state index contributed by atoms with van der Waals surface area (Å²) < 4.78 is 12.3. The second-order valence-electron chi connectivity index (χ2n) is 9.03. The number of hydrogen-bond acceptors (Lipinski definition) is 6. The van der Waals surface area contributed by atoms with Crippen LogP contribution in [0, 0.1) is 11.3 Å². The van der Waals surface area contributed by atoms with Crippen LogP contribution in [0.3, 0.4) is 0 Å². The Morgan fingerprint density at radius 2 is 2.06 bits per heavy atom. The van der Waals surface area contributed by atoms with E-state index in [-0.39, 0.29) is 12.5 Å². The molecule has 2 atom stereocenters. The van der Waals surface area contributed by atoms with Crippen LogP contribution in [0.5, 0.6) is 5.75 Å². The zero-order chi connectivity index (χ0) is 22.8. The van der Waals surface area contributed by atoms with Gasteiger partial charge in [-0.25, -0.2) is 4.79 Å². The Balaban J connectivity index is 1.93. The van der Waals surface area contributed by atoms with Crippen LogP contribution in [0.1, 0.15) is 46.5 Å². The minimum absolute atomic E-state index is 0.0394. The summed E-state index contributed by atoms with van der Waals surface area (Å²) in [6.07, 6.45) is 1.92. The zero-order valence-electron chi connectivity index (χ0n) is 18.2. The number of nitrogens with two attached hydrogens (primary N) is 1. The quantitative estimate of drug-likeness (QED) is 0.641. The van der Waals surface area contributed by atoms with Gasteiger partial charge in [0, 0.05) is 18.8 Å². The summed E-state index contributed by atoms with van der Waals surface area (Å²) in [7, 11) is 0. The minimum atomic E-state index is -1.23. The highest BCUT2D eigenvalue weighted by molar-refractivity contribution is 9.10. The first-order valence-electron chi connectivity index (χ1n) is 10.5. The minimum Gasteiger partial charge on any atom is -0.489 e. The molecule has 1 aromatic carbocycles. The molecule has 9 heteroatoms. The molecule has 8 nitrogen and oxygen atoms in total. The number of nitrogen functional groups attached to an aromatic ring is 1. The number of nitrogens with zero attached hydrogens (tertiary/aromatic N) is 3. The fourth-order valence-electron chi connectivity index (χ4n) is 4.14. The fraction of sp³-hybridized carbons (Fsp3) is 0.591. The number of carbonyl (C=O) groups is 2. The number of nitriles is 1. The molecule has 0 aliphatic carbocycles. The van der Waals surface area contributed by atoms with E-state index in [9.17, 15) is 14.9 Å². The Morgan fingerprint density at radius 1 is 1.32 bits per heavy atom. The number of benzene rings is 1. The van der Waals surface area contributed by atoms with E-state index in [2.05, 4.69) is 22.0 Å². The lowest BCUT2D eigenvalue weighted by atomic mass is 9.94. The molecule has 2 N–H and O–H groups in total. The third-order valence-corrected chi connectivity index (χ3v) is 6.21. The van der Waals surface area contributed by atoms with Gasteiger partial charge < -0.3 is 20.1 Å². The molecule has 2 saturated heterocycles. The van der Waals surface area contributed by atoms with Crippen molar-refractivity contribution in [1.29, 1.82) is 5.26 Å². The summed E-state index contributed by atoms with van der Waals surface area (Å²) in [4.78, 5) is 29.9. The van der Waals surface area contributed by atoms with E-state index >= 15 is 0 Å². The van der Waals surface area contributed by atoms with Crippen molar-refractivity contribution in [2.24, 2.45) is 0 Å². The maximum absolute atomic E-state index is 13.8. The van der Waals surface area contributed by atoms with Crippen LogP contribution in [-0.2, 0) is 9.53 Å². The second-order valence-corrected chi connectivity index (χ2v) is 9.89. The lowest BCUT2D eigenvalue weighted by Crippen LogP contribution is -2.62. The molecule has 2 aliphatic heterocycles. The standard InChI is InChI=1S/C22H29BrN4O4/c1-21(2,3)31-20(29)27-11-5-9-22(27,19(28)26-10-4-6-16(26)13-24)14-30-18-8-7-15(25)12-17(18)23/h7-8,12,16H,4-6,9-11,14,25H2,1-3H3/t16-,22+/m0/s1. The number of carbonyl (C=O) groups excluding carboxylic acids is 2. The largest absolute Gasteiger partial charge is 0.489 e. The predicted octanol–water partition coefficient (Wildman–Crippen LogP) is 3.69. The van der Waals surface area contributed by atoms with Gasteiger partial charge in [-0.2, -0.15) is 5.26 Å². The number of halogens is 1. The summed E-state index contributed by atoms with van der Waals surface area (Å²) in [5.74, 6) is 0.266. The molecule has 2 amide bonds. The average Bonchev–Trinajstić information content (AvgIpc) is 3.33. The van der Waals surface area contributed by atoms with Gasteiger partial charge in [-0.1, -0.05) is 0 Å². The van der Waals surface area contributed by atoms with Crippen LogP contribution in [0.15, 0.2) is 22.7 Å². The van der Waals surface area contributed by atoms with E-state index in [1.165, 1.54) is 4.90 Å². The first-order chi connectivity index (χ1) is 14.6. The molecule has 0 aromatic heterocycles. The van der Waals surface area contributed by atoms with Crippen molar-refractivity contribution in [3.63, 3.8) is 0 Å². The maximum atomic E-state index is 13.8. The molecule has 3 rings (SSSR count). The van der Waals surface area contributed by atoms with Crippen molar-refractivity contribution in [2.75, 3.05) is 25.4 Å². The van der Waals surface area contributed by atoms with Gasteiger partial charge in [0.15, 0.2) is 5.54 Å². The van der Waals surface area contributed by atoms with Crippen LogP contribution in [0.25, 0.3) is 0 Å². The van der Waals surface area contributed by atoms with Gasteiger partial charge in [-0.3, -0.25) is 9.69 Å². The molecule has 1 aromatic rings. The highest BCUT2D eigenvalue weighted by Gasteiger charge is 2.54. The number of rotatable bonds is 4. The highest BCUT2D eigenvalue weighted by atomic mass is 79.9. The van der Waals surface area contributed by atoms with Crippen LogP contribution in [-0.4, -0.2) is 58.7 Å². The molecule has 0 saturated carbocycles. The Hall–Kier alpha value is -2.47. The van der Waals surface area contributed by atoms with E-state index in [0.717, 1.165) is 6.42 Å². The van der Waals surface area contributed by atoms with Gasteiger partial charge >= 0.3 is 6.09 Å². The van der Waals surface area contributed by atoms with Crippen LogP contribution < -0.4 is 10.5 Å². The van der Waals surface area contributed by atoms with E-state index in [1.807, 2.05) is 0 Å². The normalized spacial score (nSPS) is 23.5. The van der Waals surface area contributed by atoms with Gasteiger partial charge in [-0.15, -0.1) is 0 Å². The summed E-state index contributed by atoms with van der Waals surface area (Å²) in [5, 5.41) is 9.51. The maximum Gasteiger partial charge on any atom is 0.411 e. The number of ether oxygens (including phenoxy) is 2. The Bertz CT molecular complexity index is 894. The molecule has 168 valence electrons. The van der Waals surface area contributed by atoms with Crippen LogP contribution in [0.4, 0.5) is 10.5 Å². The Kier molecular flexibility index (Phi) is 6.70. The number of likely N-dealkylation sites (tertiary alicyclic amines) is 2. The topological polar surface area (TPSA) is 109 Å². The molecular formula is C22H29BrN4O4. The molecule has 0 radical (unpaired) electrons. The van der Waals surface area contributed by atoms with Crippen molar-refractivity contribution < 1.29 is 19.1 Å². The molecule has 0 bridgehead atoms. The van der Waals surface area contributed by atoms with Crippen molar-refractivity contribution in [3.05, 3.63) is 22.7 Å². The van der Waals surface area contributed by atoms with Crippen LogP contribution >= 0.6 is 15.9 Å². The lowest BCUT2D eigenvalue weighted by Gasteiger charge is -2.40. The second kappa shape index (κ2) is 8.95. The first kappa shape index (κ1) is 23.2. The smallest absolute Gasteiger partial charge is 0.411 e. The third-order valence-electron chi connectivity index (χ3n) is 5.59. The van der Waals surface area contributed by atoms with Crippen molar-refractivity contribution in [1.82, 2.24) is 9.80 Å². The molecule has 2 fully saturated rings. The summed E-state index contributed by atoms with van der Waals surface area (Å²) in [5.41, 5.74) is 4.46. The van der Waals surface area contributed by atoms with Gasteiger partial charge in [0.2, 0.25) is 0 Å². The number of anilines is 1. The molecule has 31 heavy (non-hydrogen) atoms.